The van der Waals surface area contributed by atoms with E-state index in [4.69, 9.17) is 65.1 Å². The molecule has 4 aliphatic rings. The summed E-state index contributed by atoms with van der Waals surface area (Å²) in [6, 6.07) is 24.4. The summed E-state index contributed by atoms with van der Waals surface area (Å²) in [4.78, 5) is 64.2. The maximum atomic E-state index is 12.2. The van der Waals surface area contributed by atoms with Gasteiger partial charge in [-0.05, 0) is 158 Å². The van der Waals surface area contributed by atoms with Crippen LogP contribution in [0.3, 0.4) is 0 Å². The monoisotopic (exact) mass is 1200 g/mol. The average Bonchev–Trinajstić information content (AvgIpc) is 3.08. The Hall–Kier alpha value is -5.51. The lowest BCUT2D eigenvalue weighted by Crippen LogP contribution is -2.44. The molecule has 1 aliphatic heterocycles. The summed E-state index contributed by atoms with van der Waals surface area (Å²) in [6.07, 6.45) is 20.4. The molecule has 82 heavy (non-hydrogen) atoms. The van der Waals surface area contributed by atoms with Crippen molar-refractivity contribution >= 4 is 119 Å². The first-order valence-corrected chi connectivity index (χ1v) is 30.1. The number of carbonyl (C=O) groups is 5. The Morgan fingerprint density at radius 2 is 1.40 bits per heavy atom. The largest absolute Gasteiger partial charge is 0.508 e. The van der Waals surface area contributed by atoms with E-state index in [-0.39, 0.29) is 52.0 Å². The molecule has 9 rings (SSSR count). The Balaban J connectivity index is 0.000000226. The van der Waals surface area contributed by atoms with Crippen LogP contribution in [-0.4, -0.2) is 123 Å². The van der Waals surface area contributed by atoms with Crippen LogP contribution in [0.5, 0.6) is 0 Å². The molecule has 2 radical (unpaired) electrons. The van der Waals surface area contributed by atoms with Crippen molar-refractivity contribution in [1.29, 1.82) is 0 Å². The van der Waals surface area contributed by atoms with Crippen molar-refractivity contribution in [3.05, 3.63) is 136 Å². The zero-order valence-corrected chi connectivity index (χ0v) is 50.1. The molecule has 1 heterocycles. The Bertz CT molecular complexity index is 3050. The van der Waals surface area contributed by atoms with Gasteiger partial charge < -0.3 is 43.5 Å². The summed E-state index contributed by atoms with van der Waals surface area (Å²) in [5.41, 5.74) is 7.37. The van der Waals surface area contributed by atoms with Crippen LogP contribution in [0.25, 0.3) is 38.4 Å². The molecule has 19 heteroatoms. The molecule has 3 N–H and O–H groups in total. The van der Waals surface area contributed by atoms with E-state index in [9.17, 15) is 29.1 Å². The van der Waals surface area contributed by atoms with Gasteiger partial charge in [0.05, 0.1) is 33.7 Å². The highest BCUT2D eigenvalue weighted by Gasteiger charge is 2.42. The van der Waals surface area contributed by atoms with Gasteiger partial charge in [0.15, 0.2) is 0 Å². The third kappa shape index (κ3) is 19.0. The Morgan fingerprint density at radius 3 is 2.05 bits per heavy atom. The predicted molar refractivity (Wildman–Crippen MR) is 328 cm³/mol. The quantitative estimate of drug-likeness (QED) is 0.0106. The van der Waals surface area contributed by atoms with E-state index in [1.165, 1.54) is 78.2 Å². The number of allylic oxidation sites excluding steroid dienone is 7. The lowest BCUT2D eigenvalue weighted by molar-refractivity contribution is -0.166. The number of unbranched alkanes of at least 4 members (excludes halogenated alkanes) is 2. The smallest absolute Gasteiger partial charge is 0.465 e. The number of benzene rings is 5. The number of hydrogen-bond donors (Lipinski definition) is 3. The lowest BCUT2D eigenvalue weighted by atomic mass is 9.70. The van der Waals surface area contributed by atoms with Gasteiger partial charge in [-0.3, -0.25) is 14.4 Å². The first kappa shape index (κ1) is 65.6. The van der Waals surface area contributed by atoms with Gasteiger partial charge in [0.1, 0.15) is 44.0 Å². The minimum absolute atomic E-state index is 0.00839. The topological polar surface area (TPSA) is 201 Å². The minimum atomic E-state index is -1.34. The van der Waals surface area contributed by atoms with Crippen molar-refractivity contribution in [3.8, 4) is 0 Å². The van der Waals surface area contributed by atoms with Crippen LogP contribution in [0.15, 0.2) is 108 Å². The van der Waals surface area contributed by atoms with Crippen LogP contribution in [0, 0.1) is 10.8 Å². The van der Waals surface area contributed by atoms with E-state index in [0.717, 1.165) is 44.9 Å². The molecule has 4 unspecified atom stereocenters. The molecular weight excluding hydrogens is 1130 g/mol. The molecule has 0 amide bonds. The molecule has 0 bridgehead atoms. The van der Waals surface area contributed by atoms with Crippen LogP contribution < -0.4 is 0 Å². The van der Waals surface area contributed by atoms with E-state index in [0.29, 0.717) is 43.4 Å². The van der Waals surface area contributed by atoms with Gasteiger partial charge in [-0.2, -0.15) is 0 Å². The van der Waals surface area contributed by atoms with Crippen LogP contribution in [-0.2, 0) is 62.1 Å². The van der Waals surface area contributed by atoms with Crippen molar-refractivity contribution < 1.29 is 68.9 Å². The van der Waals surface area contributed by atoms with E-state index in [2.05, 4.69) is 120 Å². The van der Waals surface area contributed by atoms with Gasteiger partial charge >= 0.3 is 24.2 Å². The normalized spacial score (nSPS) is 16.3. The van der Waals surface area contributed by atoms with Crippen molar-refractivity contribution in [3.63, 3.8) is 0 Å². The Kier molecular flexibility index (Phi) is 28.0. The molecule has 5 aromatic rings. The van der Waals surface area contributed by atoms with Crippen molar-refractivity contribution in [2.75, 3.05) is 70.5 Å². The first-order chi connectivity index (χ1) is 40.0. The van der Waals surface area contributed by atoms with Gasteiger partial charge in [-0.25, -0.2) is 9.59 Å². The summed E-state index contributed by atoms with van der Waals surface area (Å²) in [5, 5.41) is 26.7. The molecular formula is C63H75BCl3O14P. The number of ketones is 1. The third-order valence-electron chi connectivity index (χ3n) is 14.0. The van der Waals surface area contributed by atoms with Crippen molar-refractivity contribution in [2.45, 2.75) is 97.3 Å². The van der Waals surface area contributed by atoms with E-state index in [1.54, 1.807) is 6.92 Å². The molecule has 5 aromatic carbocycles. The zero-order valence-electron chi connectivity index (χ0n) is 47.9. The number of aliphatic hydroxyl groups is 2. The number of rotatable bonds is 23. The van der Waals surface area contributed by atoms with Crippen LogP contribution in [0.4, 0.5) is 9.59 Å². The second-order valence-corrected chi connectivity index (χ2v) is 21.7. The van der Waals surface area contributed by atoms with Crippen LogP contribution >= 0.6 is 43.5 Å². The number of hydrogen-bond acceptors (Lipinski definition) is 14. The Labute approximate surface area is 500 Å². The number of esters is 2. The summed E-state index contributed by atoms with van der Waals surface area (Å²) in [5.74, 6) is -1.15. The number of carbonyl (C=O) groups excluding carboxylic acids is 5. The fourth-order valence-electron chi connectivity index (χ4n) is 9.56. The molecule has 0 spiro atoms. The van der Waals surface area contributed by atoms with Gasteiger partial charge in [0.2, 0.25) is 0 Å². The highest BCUT2D eigenvalue weighted by atomic mass is 35.5. The van der Waals surface area contributed by atoms with E-state index in [1.807, 2.05) is 6.92 Å². The van der Waals surface area contributed by atoms with Gasteiger partial charge in [0, 0.05) is 30.7 Å². The second kappa shape index (κ2) is 34.9. The van der Waals surface area contributed by atoms with E-state index < -0.39 is 56.2 Å². The summed E-state index contributed by atoms with van der Waals surface area (Å²) in [7, 11) is 4.01. The number of ether oxygens (including phenoxy) is 6. The minimum Gasteiger partial charge on any atom is -0.465 e. The third-order valence-corrected chi connectivity index (χ3v) is 14.8. The van der Waals surface area contributed by atoms with Gasteiger partial charge in [-0.1, -0.05) is 110 Å². The number of aliphatic hydroxyl groups excluding tert-OH is 2. The number of Topliss-reactive ketones (excluding diaryl/α,β-unsaturated/α-hetero) is 1. The predicted octanol–water partition coefficient (Wildman–Crippen LogP) is 12.9. The van der Waals surface area contributed by atoms with Crippen molar-refractivity contribution in [1.82, 2.24) is 0 Å². The zero-order chi connectivity index (χ0) is 60.4. The standard InChI is InChI=1S/C29H33ClO6.C20H18O.C9H13ClO5.C5H9ClO.BH2OP/c1-29(18-31,27(32)34-17-5-15-30)19-36-28(33)35-16-3-2-6-20-9-10-23-12-11-21-7-4-8-22-13-14-24(20)26(23)25(21)22;21-13-2-1-4-14-7-8-17-10-9-15-5-3-6-16-11-12-18(14)20(17)19(15)16;1-9(5-14-8(12)15-6-9)7(11)13-4-2-3-10;1-2-3-5(7)4-6;1-3-2/h4,7-11,13-14,25,31H,2-3,5-6,12,15-19H2,1H3;3,5-12,21H,1-2,4,13H2;2-6H2,1H3;2-4H2,1H3;2-3H/i;;;4T;. The number of halogens is 3. The van der Waals surface area contributed by atoms with E-state index >= 15 is 0 Å². The fourth-order valence-corrected chi connectivity index (χ4v) is 9.89. The number of alkyl halides is 3. The maximum absolute atomic E-state index is 12.2. The molecule has 3 aliphatic carbocycles. The van der Waals surface area contributed by atoms with Gasteiger partial charge in [-0.15, -0.1) is 34.8 Å². The van der Waals surface area contributed by atoms with Crippen LogP contribution in [0.2, 0.25) is 0 Å². The first-order valence-electron chi connectivity index (χ1n) is 28.1. The molecule has 0 saturated carbocycles. The average molecular weight is 1210 g/mol. The summed E-state index contributed by atoms with van der Waals surface area (Å²) >= 11 is 16.1. The second-order valence-electron chi connectivity index (χ2n) is 20.4. The highest BCUT2D eigenvalue weighted by Crippen LogP contribution is 2.47. The molecule has 0 aromatic heterocycles. The highest BCUT2D eigenvalue weighted by molar-refractivity contribution is 7.61. The maximum Gasteiger partial charge on any atom is 0.508 e. The molecule has 14 nitrogen and oxygen atoms in total. The van der Waals surface area contributed by atoms with Crippen molar-refractivity contribution in [2.24, 2.45) is 10.8 Å². The number of aryl methyl sites for hydroxylation is 2. The fraction of sp³-hybridized carbons (Fsp3) is 0.444. The summed E-state index contributed by atoms with van der Waals surface area (Å²) < 4.78 is 36.3. The Morgan fingerprint density at radius 1 is 0.780 bits per heavy atom. The SMILES string of the molecule is CC(CO)(COC(=O)OCCCCc1ccc2c3c1C=CC1=CC=CC(=CC2)C13)C(=O)OCCCCl.CC1(C(=O)OCCCCl)COC(=O)OC1.OCCCCc1ccc2ccc3cccc4ccc1c2c34.[3H]C(Cl)C(=O)CCC.[B]PO. The number of cyclic esters (lactones) is 2. The molecule has 1 fully saturated rings. The van der Waals surface area contributed by atoms with Crippen LogP contribution in [0.1, 0.15) is 107 Å². The molecule has 1 saturated heterocycles. The molecule has 440 valence electrons. The summed E-state index contributed by atoms with van der Waals surface area (Å²) in [6.45, 7) is 5.06. The molecule has 4 atom stereocenters. The lowest BCUT2D eigenvalue weighted by Gasteiger charge is -2.34. The van der Waals surface area contributed by atoms with Gasteiger partial charge in [0.25, 0.3) is 0 Å².